The minimum Gasteiger partial charge on any atom is -0.482 e. The zero-order chi connectivity index (χ0) is 21.7. The number of halogens is 1. The standard InChI is InChI=1S/C22H21FN2O5/c1-4-19(26)15-7-9-17(10-8-15)28-12-20(27)29-14(3)22-24-21(25-30-22)16-6-5-13(2)18(23)11-16/h5-11,14H,4,12H2,1-3H3. The van der Waals surface area contributed by atoms with E-state index in [1.165, 1.54) is 6.07 Å². The first-order valence-electron chi connectivity index (χ1n) is 9.43. The van der Waals surface area contributed by atoms with E-state index in [9.17, 15) is 14.0 Å². The molecule has 2 aromatic carbocycles. The fourth-order valence-electron chi connectivity index (χ4n) is 2.61. The molecule has 3 aromatic rings. The molecule has 1 atom stereocenters. The first-order valence-corrected chi connectivity index (χ1v) is 9.43. The van der Waals surface area contributed by atoms with Crippen molar-refractivity contribution in [3.8, 4) is 17.1 Å². The number of rotatable bonds is 8. The number of ether oxygens (including phenoxy) is 2. The molecule has 0 spiro atoms. The number of aromatic nitrogens is 2. The van der Waals surface area contributed by atoms with Gasteiger partial charge in [-0.15, -0.1) is 0 Å². The van der Waals surface area contributed by atoms with Crippen LogP contribution in [0.5, 0.6) is 5.75 Å². The average molecular weight is 412 g/mol. The molecule has 0 aliphatic rings. The van der Waals surface area contributed by atoms with E-state index in [0.29, 0.717) is 28.9 Å². The van der Waals surface area contributed by atoms with Gasteiger partial charge in [-0.25, -0.2) is 9.18 Å². The van der Waals surface area contributed by atoms with Crippen LogP contribution in [0.15, 0.2) is 47.0 Å². The van der Waals surface area contributed by atoms with Gasteiger partial charge in [-0.1, -0.05) is 24.2 Å². The van der Waals surface area contributed by atoms with Crippen molar-refractivity contribution < 1.29 is 28.0 Å². The second kappa shape index (κ2) is 9.30. The molecule has 0 N–H and O–H groups in total. The Hall–Kier alpha value is -3.55. The van der Waals surface area contributed by atoms with Gasteiger partial charge >= 0.3 is 5.97 Å². The van der Waals surface area contributed by atoms with Gasteiger partial charge in [0.1, 0.15) is 11.6 Å². The number of carbonyl (C=O) groups is 2. The molecule has 0 amide bonds. The van der Waals surface area contributed by atoms with E-state index < -0.39 is 12.1 Å². The first kappa shape index (κ1) is 21.2. The van der Waals surface area contributed by atoms with Gasteiger partial charge in [-0.05, 0) is 49.7 Å². The van der Waals surface area contributed by atoms with Crippen molar-refractivity contribution in [2.75, 3.05) is 6.61 Å². The lowest BCUT2D eigenvalue weighted by molar-refractivity contribution is -0.152. The molecule has 3 rings (SSSR count). The maximum Gasteiger partial charge on any atom is 0.344 e. The Kier molecular flexibility index (Phi) is 6.56. The molecule has 156 valence electrons. The fourth-order valence-corrected chi connectivity index (χ4v) is 2.61. The van der Waals surface area contributed by atoms with Crippen LogP contribution in [0.4, 0.5) is 4.39 Å². The van der Waals surface area contributed by atoms with Crippen molar-refractivity contribution in [1.82, 2.24) is 10.1 Å². The van der Waals surface area contributed by atoms with Gasteiger partial charge < -0.3 is 14.0 Å². The summed E-state index contributed by atoms with van der Waals surface area (Å²) in [6, 6.07) is 11.1. The average Bonchev–Trinajstić information content (AvgIpc) is 3.24. The van der Waals surface area contributed by atoms with Crippen LogP contribution >= 0.6 is 0 Å². The Morgan fingerprint density at radius 1 is 1.17 bits per heavy atom. The van der Waals surface area contributed by atoms with E-state index in [1.807, 2.05) is 0 Å². The lowest BCUT2D eigenvalue weighted by Gasteiger charge is -2.10. The van der Waals surface area contributed by atoms with E-state index >= 15 is 0 Å². The van der Waals surface area contributed by atoms with Crippen LogP contribution < -0.4 is 4.74 Å². The van der Waals surface area contributed by atoms with E-state index in [-0.39, 0.29) is 29.9 Å². The first-order chi connectivity index (χ1) is 14.4. The predicted molar refractivity (Wildman–Crippen MR) is 105 cm³/mol. The normalized spacial score (nSPS) is 11.7. The smallest absolute Gasteiger partial charge is 0.344 e. The zero-order valence-electron chi connectivity index (χ0n) is 16.8. The molecule has 30 heavy (non-hydrogen) atoms. The molecule has 1 unspecified atom stereocenters. The molecule has 0 radical (unpaired) electrons. The van der Waals surface area contributed by atoms with E-state index in [1.54, 1.807) is 57.2 Å². The third kappa shape index (κ3) is 5.08. The molecular weight excluding hydrogens is 391 g/mol. The van der Waals surface area contributed by atoms with Crippen LogP contribution in [-0.4, -0.2) is 28.5 Å². The molecule has 0 fully saturated rings. The number of aryl methyl sites for hydroxylation is 1. The summed E-state index contributed by atoms with van der Waals surface area (Å²) in [7, 11) is 0. The molecule has 1 aromatic heterocycles. The third-order valence-corrected chi connectivity index (χ3v) is 4.38. The van der Waals surface area contributed by atoms with Crippen LogP contribution in [0.1, 0.15) is 48.2 Å². The summed E-state index contributed by atoms with van der Waals surface area (Å²) in [5.74, 6) is -0.248. The van der Waals surface area contributed by atoms with Crippen LogP contribution in [-0.2, 0) is 9.53 Å². The molecule has 0 saturated heterocycles. The highest BCUT2D eigenvalue weighted by Crippen LogP contribution is 2.22. The van der Waals surface area contributed by atoms with Crippen molar-refractivity contribution in [3.05, 3.63) is 65.3 Å². The summed E-state index contributed by atoms with van der Waals surface area (Å²) in [5.41, 5.74) is 1.55. The van der Waals surface area contributed by atoms with E-state index in [0.717, 1.165) is 0 Å². The Labute approximate surface area is 172 Å². The Morgan fingerprint density at radius 2 is 1.90 bits per heavy atom. The maximum absolute atomic E-state index is 13.7. The van der Waals surface area contributed by atoms with Gasteiger partial charge in [0.15, 0.2) is 18.5 Å². The van der Waals surface area contributed by atoms with E-state index in [4.69, 9.17) is 14.0 Å². The van der Waals surface area contributed by atoms with E-state index in [2.05, 4.69) is 10.1 Å². The Bertz CT molecular complexity index is 1050. The highest BCUT2D eigenvalue weighted by Gasteiger charge is 2.20. The number of nitrogens with zero attached hydrogens (tertiary/aromatic N) is 2. The molecule has 0 bridgehead atoms. The van der Waals surface area contributed by atoms with Gasteiger partial charge in [0.2, 0.25) is 5.82 Å². The summed E-state index contributed by atoms with van der Waals surface area (Å²) in [6.07, 6.45) is -0.386. The summed E-state index contributed by atoms with van der Waals surface area (Å²) >= 11 is 0. The predicted octanol–water partition coefficient (Wildman–Crippen LogP) is 4.46. The minimum atomic E-state index is -0.804. The molecule has 0 saturated carbocycles. The lowest BCUT2D eigenvalue weighted by Crippen LogP contribution is -2.17. The quantitative estimate of drug-likeness (QED) is 0.398. The molecule has 0 aliphatic carbocycles. The number of benzene rings is 2. The van der Waals surface area contributed by atoms with Crippen molar-refractivity contribution in [2.24, 2.45) is 0 Å². The molecule has 8 heteroatoms. The molecule has 7 nitrogen and oxygen atoms in total. The highest BCUT2D eigenvalue weighted by molar-refractivity contribution is 5.95. The highest BCUT2D eigenvalue weighted by atomic mass is 19.1. The van der Waals surface area contributed by atoms with Gasteiger partial charge in [0.05, 0.1) is 0 Å². The number of carbonyl (C=O) groups excluding carboxylic acids is 2. The summed E-state index contributed by atoms with van der Waals surface area (Å²) in [4.78, 5) is 27.8. The summed E-state index contributed by atoms with van der Waals surface area (Å²) < 4.78 is 29.5. The van der Waals surface area contributed by atoms with Crippen molar-refractivity contribution in [1.29, 1.82) is 0 Å². The number of esters is 1. The second-order valence-corrected chi connectivity index (χ2v) is 6.64. The van der Waals surface area contributed by atoms with Crippen LogP contribution in [0.2, 0.25) is 0 Å². The van der Waals surface area contributed by atoms with Gasteiger partial charge in [-0.3, -0.25) is 4.79 Å². The summed E-state index contributed by atoms with van der Waals surface area (Å²) in [6.45, 7) is 4.70. The largest absolute Gasteiger partial charge is 0.482 e. The zero-order valence-corrected chi connectivity index (χ0v) is 16.8. The van der Waals surface area contributed by atoms with Crippen molar-refractivity contribution in [3.63, 3.8) is 0 Å². The van der Waals surface area contributed by atoms with Crippen molar-refractivity contribution in [2.45, 2.75) is 33.3 Å². The van der Waals surface area contributed by atoms with Crippen LogP contribution in [0, 0.1) is 12.7 Å². The monoisotopic (exact) mass is 412 g/mol. The van der Waals surface area contributed by atoms with Gasteiger partial charge in [-0.2, -0.15) is 4.98 Å². The lowest BCUT2D eigenvalue weighted by atomic mass is 10.1. The van der Waals surface area contributed by atoms with Crippen molar-refractivity contribution >= 4 is 11.8 Å². The van der Waals surface area contributed by atoms with Gasteiger partial charge in [0, 0.05) is 17.5 Å². The Balaban J connectivity index is 1.55. The number of hydrogen-bond acceptors (Lipinski definition) is 7. The SMILES string of the molecule is CCC(=O)c1ccc(OCC(=O)OC(C)c2nc(-c3ccc(C)c(F)c3)no2)cc1. The maximum atomic E-state index is 13.7. The topological polar surface area (TPSA) is 91.5 Å². The Morgan fingerprint density at radius 3 is 2.57 bits per heavy atom. The van der Waals surface area contributed by atoms with Crippen LogP contribution in [0.3, 0.4) is 0 Å². The molecule has 0 aliphatic heterocycles. The fraction of sp³-hybridized carbons (Fsp3) is 0.273. The second-order valence-electron chi connectivity index (χ2n) is 6.64. The van der Waals surface area contributed by atoms with Gasteiger partial charge in [0.25, 0.3) is 5.89 Å². The summed E-state index contributed by atoms with van der Waals surface area (Å²) in [5, 5.41) is 3.81. The number of hydrogen-bond donors (Lipinski definition) is 0. The number of ketones is 1. The third-order valence-electron chi connectivity index (χ3n) is 4.38. The molecule has 1 heterocycles. The number of Topliss-reactive ketones (excluding diaryl/α,β-unsaturated/α-hetero) is 1. The molecular formula is C22H21FN2O5. The van der Waals surface area contributed by atoms with Crippen LogP contribution in [0.25, 0.3) is 11.4 Å². The minimum absolute atomic E-state index is 0.0297.